The number of nitrogens with one attached hydrogen (secondary N) is 1. The van der Waals surface area contributed by atoms with Crippen LogP contribution < -0.4 is 15.2 Å². The summed E-state index contributed by atoms with van der Waals surface area (Å²) in [7, 11) is 0. The molecular weight excluding hydrogens is 590 g/mol. The fourth-order valence-electron chi connectivity index (χ4n) is 6.31. The number of fused-ring (bicyclic) bond motifs is 4. The van der Waals surface area contributed by atoms with Gasteiger partial charge in [0, 0.05) is 42.2 Å². The molecule has 2 aliphatic rings. The lowest BCUT2D eigenvalue weighted by atomic mass is 10.1. The molecule has 0 bridgehead atoms. The van der Waals surface area contributed by atoms with E-state index in [9.17, 15) is 4.79 Å². The molecule has 0 radical (unpaired) electrons. The van der Waals surface area contributed by atoms with Crippen molar-refractivity contribution in [2.75, 3.05) is 18.4 Å². The van der Waals surface area contributed by atoms with E-state index < -0.39 is 0 Å². The first kappa shape index (κ1) is 36.7. The van der Waals surface area contributed by atoms with E-state index in [-0.39, 0.29) is 5.91 Å². The number of nitrogens with zero attached hydrogens (tertiary/aromatic N) is 2. The highest BCUT2D eigenvalue weighted by molar-refractivity contribution is 6.12. The minimum absolute atomic E-state index is 0.0378. The maximum atomic E-state index is 13.0. The van der Waals surface area contributed by atoms with Gasteiger partial charge < -0.3 is 9.73 Å². The second kappa shape index (κ2) is 21.0. The van der Waals surface area contributed by atoms with Crippen LogP contribution in [0.1, 0.15) is 130 Å². The van der Waals surface area contributed by atoms with Gasteiger partial charge in [-0.25, -0.2) is 9.56 Å². The van der Waals surface area contributed by atoms with Crippen molar-refractivity contribution in [3.8, 4) is 35.1 Å². The zero-order valence-electron chi connectivity index (χ0n) is 29.8. The maximum absolute atomic E-state index is 13.0. The molecule has 1 N–H and O–H groups in total. The molecule has 0 saturated heterocycles. The Hall–Kier alpha value is -4.09. The quantitative estimate of drug-likeness (QED) is 0.0363. The largest absolute Gasteiger partial charge is 0.452 e. The van der Waals surface area contributed by atoms with Gasteiger partial charge >= 0.3 is 0 Å². The van der Waals surface area contributed by atoms with Gasteiger partial charge in [0.05, 0.1) is 11.8 Å². The Balaban J connectivity index is 1.17. The normalized spacial score (nSPS) is 10.9. The summed E-state index contributed by atoms with van der Waals surface area (Å²) in [4.78, 5) is 18.0. The Morgan fingerprint density at radius 2 is 1.33 bits per heavy atom. The van der Waals surface area contributed by atoms with E-state index in [1.165, 1.54) is 64.2 Å². The van der Waals surface area contributed by atoms with E-state index in [0.717, 1.165) is 90.4 Å². The van der Waals surface area contributed by atoms with Crippen LogP contribution in [-0.2, 0) is 4.79 Å². The molecule has 2 aromatic rings. The third kappa shape index (κ3) is 11.6. The van der Waals surface area contributed by atoms with Crippen molar-refractivity contribution in [2.24, 2.45) is 0 Å². The summed E-state index contributed by atoms with van der Waals surface area (Å²) in [6, 6.07) is 16.2. The number of amides is 1. The van der Waals surface area contributed by atoms with Crippen molar-refractivity contribution in [1.82, 2.24) is 9.56 Å². The van der Waals surface area contributed by atoms with E-state index in [4.69, 9.17) is 9.40 Å². The van der Waals surface area contributed by atoms with Crippen LogP contribution in [0.25, 0.3) is 33.3 Å². The van der Waals surface area contributed by atoms with Gasteiger partial charge in [-0.3, -0.25) is 4.79 Å². The number of aromatic nitrogens is 1. The average molecular weight is 647 g/mol. The van der Waals surface area contributed by atoms with E-state index in [2.05, 4.69) is 66.5 Å². The third-order valence-electron chi connectivity index (χ3n) is 9.13. The number of carbonyl (C=O) groups excluding carboxylic acids is 1. The van der Waals surface area contributed by atoms with Crippen LogP contribution in [0.4, 0.5) is 5.69 Å². The zero-order valence-corrected chi connectivity index (χ0v) is 29.8. The van der Waals surface area contributed by atoms with Crippen LogP contribution in [0, 0.1) is 23.7 Å². The summed E-state index contributed by atoms with van der Waals surface area (Å²) >= 11 is 0. The van der Waals surface area contributed by atoms with Gasteiger partial charge in [-0.05, 0) is 51.0 Å². The van der Waals surface area contributed by atoms with Crippen LogP contribution >= 0.6 is 0 Å². The molecule has 0 saturated carbocycles. The highest BCUT2D eigenvalue weighted by Crippen LogP contribution is 2.34. The number of unbranched alkanes of at least 4 members (excludes halogenated alkanes) is 14. The number of anilines is 1. The van der Waals surface area contributed by atoms with Crippen molar-refractivity contribution >= 4 is 33.5 Å². The van der Waals surface area contributed by atoms with Gasteiger partial charge in [0.2, 0.25) is 11.3 Å². The highest BCUT2D eigenvalue weighted by Gasteiger charge is 2.16. The molecule has 254 valence electrons. The lowest BCUT2D eigenvalue weighted by Crippen LogP contribution is -2.29. The van der Waals surface area contributed by atoms with Gasteiger partial charge in [0.1, 0.15) is 24.3 Å². The van der Waals surface area contributed by atoms with Crippen molar-refractivity contribution in [3.05, 3.63) is 53.9 Å². The Bertz CT molecular complexity index is 1760. The summed E-state index contributed by atoms with van der Waals surface area (Å²) in [5.74, 6) is 13.3. The van der Waals surface area contributed by atoms with E-state index >= 15 is 0 Å². The summed E-state index contributed by atoms with van der Waals surface area (Å²) in [5.41, 5.74) is 3.07. The second-order valence-electron chi connectivity index (χ2n) is 12.9. The molecule has 4 rings (SSSR count). The zero-order chi connectivity index (χ0) is 33.8. The van der Waals surface area contributed by atoms with Crippen molar-refractivity contribution < 1.29 is 9.21 Å². The Labute approximate surface area is 289 Å². The molecule has 2 aromatic carbocycles. The Morgan fingerprint density at radius 1 is 0.729 bits per heavy atom. The van der Waals surface area contributed by atoms with Gasteiger partial charge in [-0.1, -0.05) is 114 Å². The lowest BCUT2D eigenvalue weighted by Gasteiger charge is -2.13. The number of hydrogen-bond acceptors (Lipinski definition) is 3. The molecule has 5 heteroatoms. The van der Waals surface area contributed by atoms with E-state index in [1.54, 1.807) is 0 Å². The monoisotopic (exact) mass is 646 g/mol. The fourth-order valence-corrected chi connectivity index (χ4v) is 6.31. The van der Waals surface area contributed by atoms with Gasteiger partial charge in [0.25, 0.3) is 0 Å². The van der Waals surface area contributed by atoms with Crippen LogP contribution in [0.15, 0.2) is 52.9 Å². The fraction of sp³-hybridized carbons (Fsp3) is 0.512. The first-order valence-corrected chi connectivity index (χ1v) is 18.7. The summed E-state index contributed by atoms with van der Waals surface area (Å²) in [6.45, 7) is 8.42. The van der Waals surface area contributed by atoms with Crippen LogP contribution in [-0.4, -0.2) is 24.0 Å². The summed E-state index contributed by atoms with van der Waals surface area (Å²) in [6.07, 6.45) is 19.7. The minimum Gasteiger partial charge on any atom is -0.452 e. The van der Waals surface area contributed by atoms with Crippen LogP contribution in [0.3, 0.4) is 0 Å². The first-order chi connectivity index (χ1) is 23.6. The smallest absolute Gasteiger partial charge is 0.224 e. The highest BCUT2D eigenvalue weighted by atomic mass is 16.3. The van der Waals surface area contributed by atoms with Crippen LogP contribution in [0.5, 0.6) is 0 Å². The molecule has 1 amide bonds. The standard InChI is InChI=1S/C43H55N3O2/c1-4-7-8-9-10-11-12-13-14-15-16-17-18-19-20-21-22-23-24-25-30-42(47)44-39-34-41-43(37-29-27-26-28-36(37)39)45-38-32-31-35(33-40(38)48-41)46(5-2)6-3/h26-29,31-34H,4-14,19-25,30H2,1-3H3/p+1. The summed E-state index contributed by atoms with van der Waals surface area (Å²) in [5, 5.41) is 6.23. The molecule has 1 aliphatic carbocycles. The number of benzene rings is 3. The van der Waals surface area contributed by atoms with Crippen LogP contribution in [0.2, 0.25) is 0 Å². The molecule has 0 aromatic heterocycles. The molecule has 5 nitrogen and oxygen atoms in total. The predicted octanol–water partition coefficient (Wildman–Crippen LogP) is 10.5. The summed E-state index contributed by atoms with van der Waals surface area (Å²) < 4.78 is 8.69. The third-order valence-corrected chi connectivity index (χ3v) is 9.13. The first-order valence-electron chi connectivity index (χ1n) is 18.7. The van der Waals surface area contributed by atoms with Crippen molar-refractivity contribution in [1.29, 1.82) is 0 Å². The van der Waals surface area contributed by atoms with E-state index in [1.807, 2.05) is 36.4 Å². The number of carbonyl (C=O) groups is 1. The molecule has 0 spiro atoms. The Kier molecular flexibility index (Phi) is 16.1. The Morgan fingerprint density at radius 3 is 1.98 bits per heavy atom. The molecule has 0 unspecified atom stereocenters. The lowest BCUT2D eigenvalue weighted by molar-refractivity contribution is -0.116. The van der Waals surface area contributed by atoms with Gasteiger partial charge in [-0.15, -0.1) is 0 Å². The molecule has 0 atom stereocenters. The predicted molar refractivity (Wildman–Crippen MR) is 203 cm³/mol. The average Bonchev–Trinajstić information content (AvgIpc) is 3.10. The second-order valence-corrected chi connectivity index (χ2v) is 12.9. The number of rotatable bonds is 19. The van der Waals surface area contributed by atoms with Gasteiger partial charge in [0.15, 0.2) is 11.3 Å². The molecule has 48 heavy (non-hydrogen) atoms. The molecule has 0 fully saturated rings. The van der Waals surface area contributed by atoms with Crippen molar-refractivity contribution in [2.45, 2.75) is 130 Å². The van der Waals surface area contributed by atoms with Crippen molar-refractivity contribution in [3.63, 3.8) is 0 Å². The molecular formula is C43H56N3O2+. The molecule has 1 aliphatic heterocycles. The SMILES string of the molecule is CCCCCCCCCCC#CC#CCCCCCCCCC(=O)Nc1cc2oc3cc(=[N+](CC)CC)ccc-3nc2c2ccccc12. The van der Waals surface area contributed by atoms with Gasteiger partial charge in [-0.2, -0.15) is 0 Å². The minimum atomic E-state index is 0.0378. The molecule has 1 heterocycles. The topological polar surface area (TPSA) is 58.1 Å². The van der Waals surface area contributed by atoms with E-state index in [0.29, 0.717) is 12.0 Å². The number of hydrogen-bond donors (Lipinski definition) is 1. The maximum Gasteiger partial charge on any atom is 0.224 e.